The van der Waals surface area contributed by atoms with E-state index in [4.69, 9.17) is 0 Å². The summed E-state index contributed by atoms with van der Waals surface area (Å²) in [5, 5.41) is 3.15. The van der Waals surface area contributed by atoms with Crippen molar-refractivity contribution in [2.45, 2.75) is 20.4 Å². The van der Waals surface area contributed by atoms with Gasteiger partial charge in [0, 0.05) is 23.9 Å². The minimum atomic E-state index is -0.553. The Hall–Kier alpha value is -1.90. The van der Waals surface area contributed by atoms with Crippen molar-refractivity contribution < 1.29 is 8.78 Å². The SMILES string of the molecule is Cc1ccc(NCc2ccc(F)cc2F)c(C)c1. The molecule has 1 N–H and O–H groups in total. The highest BCUT2D eigenvalue weighted by Gasteiger charge is 2.04. The van der Waals surface area contributed by atoms with E-state index in [0.717, 1.165) is 17.3 Å². The quantitative estimate of drug-likeness (QED) is 0.857. The molecular formula is C15H15F2N. The monoisotopic (exact) mass is 247 g/mol. The molecule has 0 radical (unpaired) electrons. The molecule has 1 nitrogen and oxygen atoms in total. The molecule has 3 heteroatoms. The molecule has 2 aromatic carbocycles. The van der Waals surface area contributed by atoms with Gasteiger partial charge < -0.3 is 5.32 Å². The van der Waals surface area contributed by atoms with Gasteiger partial charge in [-0.3, -0.25) is 0 Å². The van der Waals surface area contributed by atoms with Crippen molar-refractivity contribution >= 4 is 5.69 Å². The molecule has 0 aliphatic heterocycles. The van der Waals surface area contributed by atoms with Crippen molar-refractivity contribution in [3.05, 3.63) is 64.7 Å². The van der Waals surface area contributed by atoms with E-state index in [9.17, 15) is 8.78 Å². The minimum Gasteiger partial charge on any atom is -0.381 e. The van der Waals surface area contributed by atoms with Gasteiger partial charge in [0.25, 0.3) is 0 Å². The number of aryl methyl sites for hydroxylation is 2. The number of hydrogen-bond donors (Lipinski definition) is 1. The van der Waals surface area contributed by atoms with Crippen LogP contribution in [0.3, 0.4) is 0 Å². The van der Waals surface area contributed by atoms with Crippen molar-refractivity contribution in [1.82, 2.24) is 0 Å². The van der Waals surface area contributed by atoms with E-state index in [1.54, 1.807) is 0 Å². The van der Waals surface area contributed by atoms with Crippen LogP contribution in [0.1, 0.15) is 16.7 Å². The van der Waals surface area contributed by atoms with Crippen LogP contribution in [0.25, 0.3) is 0 Å². The zero-order chi connectivity index (χ0) is 13.1. The number of rotatable bonds is 3. The molecule has 0 amide bonds. The van der Waals surface area contributed by atoms with E-state index >= 15 is 0 Å². The fraction of sp³-hybridized carbons (Fsp3) is 0.200. The van der Waals surface area contributed by atoms with Crippen LogP contribution in [0.2, 0.25) is 0 Å². The Morgan fingerprint density at radius 1 is 1.00 bits per heavy atom. The van der Waals surface area contributed by atoms with Gasteiger partial charge >= 0.3 is 0 Å². The molecule has 94 valence electrons. The summed E-state index contributed by atoms with van der Waals surface area (Å²) in [4.78, 5) is 0. The van der Waals surface area contributed by atoms with Gasteiger partial charge in [-0.1, -0.05) is 23.8 Å². The number of benzene rings is 2. The summed E-state index contributed by atoms with van der Waals surface area (Å²) < 4.78 is 26.2. The maximum atomic E-state index is 13.4. The maximum absolute atomic E-state index is 13.4. The number of anilines is 1. The fourth-order valence-corrected chi connectivity index (χ4v) is 1.87. The van der Waals surface area contributed by atoms with E-state index in [0.29, 0.717) is 12.1 Å². The Bertz CT molecular complexity index is 513. The van der Waals surface area contributed by atoms with Gasteiger partial charge in [0.1, 0.15) is 11.6 Å². The molecule has 0 atom stereocenters. The Morgan fingerprint density at radius 2 is 1.78 bits per heavy atom. The van der Waals surface area contributed by atoms with Crippen LogP contribution in [-0.2, 0) is 6.54 Å². The second-order valence-corrected chi connectivity index (χ2v) is 4.41. The summed E-state index contributed by atoms with van der Waals surface area (Å²) in [5.74, 6) is -1.07. The average Bonchev–Trinajstić information content (AvgIpc) is 2.30. The predicted molar refractivity (Wildman–Crippen MR) is 69.6 cm³/mol. The normalized spacial score (nSPS) is 10.4. The Morgan fingerprint density at radius 3 is 2.44 bits per heavy atom. The third-order valence-corrected chi connectivity index (χ3v) is 2.87. The largest absolute Gasteiger partial charge is 0.381 e. The van der Waals surface area contributed by atoms with Crippen LogP contribution >= 0.6 is 0 Å². The third kappa shape index (κ3) is 2.86. The number of halogens is 2. The number of hydrogen-bond acceptors (Lipinski definition) is 1. The highest BCUT2D eigenvalue weighted by Crippen LogP contribution is 2.18. The van der Waals surface area contributed by atoms with Crippen LogP contribution in [0.4, 0.5) is 14.5 Å². The first kappa shape index (κ1) is 12.6. The lowest BCUT2D eigenvalue weighted by molar-refractivity contribution is 0.574. The third-order valence-electron chi connectivity index (χ3n) is 2.87. The molecule has 18 heavy (non-hydrogen) atoms. The van der Waals surface area contributed by atoms with Crippen LogP contribution in [0.5, 0.6) is 0 Å². The molecule has 0 unspecified atom stereocenters. The lowest BCUT2D eigenvalue weighted by atomic mass is 10.1. The van der Waals surface area contributed by atoms with E-state index in [1.807, 2.05) is 26.0 Å². The standard InChI is InChI=1S/C15H15F2N/c1-10-3-6-15(11(2)7-10)18-9-12-4-5-13(16)8-14(12)17/h3-8,18H,9H2,1-2H3. The molecule has 0 saturated heterocycles. The van der Waals surface area contributed by atoms with Gasteiger partial charge in [0.2, 0.25) is 0 Å². The Labute approximate surface area is 105 Å². The van der Waals surface area contributed by atoms with Crippen molar-refractivity contribution in [2.75, 3.05) is 5.32 Å². The van der Waals surface area contributed by atoms with Gasteiger partial charge in [0.15, 0.2) is 0 Å². The van der Waals surface area contributed by atoms with Gasteiger partial charge in [-0.05, 0) is 31.5 Å². The molecule has 0 aliphatic carbocycles. The van der Waals surface area contributed by atoms with Crippen LogP contribution in [-0.4, -0.2) is 0 Å². The molecule has 0 spiro atoms. The highest BCUT2D eigenvalue weighted by molar-refractivity contribution is 5.52. The first-order chi connectivity index (χ1) is 8.56. The van der Waals surface area contributed by atoms with Crippen molar-refractivity contribution in [3.8, 4) is 0 Å². The molecule has 0 aromatic heterocycles. The summed E-state index contributed by atoms with van der Waals surface area (Å²) in [6.07, 6.45) is 0. The van der Waals surface area contributed by atoms with Gasteiger partial charge in [-0.2, -0.15) is 0 Å². The second kappa shape index (κ2) is 5.17. The van der Waals surface area contributed by atoms with Crippen molar-refractivity contribution in [1.29, 1.82) is 0 Å². The molecule has 0 fully saturated rings. The van der Waals surface area contributed by atoms with Gasteiger partial charge in [0.05, 0.1) is 0 Å². The lowest BCUT2D eigenvalue weighted by Crippen LogP contribution is -2.03. The minimum absolute atomic E-state index is 0.343. The smallest absolute Gasteiger partial charge is 0.131 e. The topological polar surface area (TPSA) is 12.0 Å². The summed E-state index contributed by atoms with van der Waals surface area (Å²) >= 11 is 0. The highest BCUT2D eigenvalue weighted by atomic mass is 19.1. The summed E-state index contributed by atoms with van der Waals surface area (Å²) in [7, 11) is 0. The predicted octanol–water partition coefficient (Wildman–Crippen LogP) is 4.19. The van der Waals surface area contributed by atoms with Crippen molar-refractivity contribution in [3.63, 3.8) is 0 Å². The summed E-state index contributed by atoms with van der Waals surface area (Å²) in [5.41, 5.74) is 3.71. The molecule has 2 aromatic rings. The van der Waals surface area contributed by atoms with E-state index < -0.39 is 11.6 Å². The molecular weight excluding hydrogens is 232 g/mol. The first-order valence-corrected chi connectivity index (χ1v) is 5.81. The maximum Gasteiger partial charge on any atom is 0.131 e. The first-order valence-electron chi connectivity index (χ1n) is 5.81. The van der Waals surface area contributed by atoms with E-state index in [-0.39, 0.29) is 0 Å². The molecule has 0 saturated carbocycles. The van der Waals surface area contributed by atoms with Crippen molar-refractivity contribution in [2.24, 2.45) is 0 Å². The molecule has 0 aliphatic rings. The van der Waals surface area contributed by atoms with Gasteiger partial charge in [-0.25, -0.2) is 8.78 Å². The fourth-order valence-electron chi connectivity index (χ4n) is 1.87. The molecule has 0 heterocycles. The number of nitrogens with one attached hydrogen (secondary N) is 1. The average molecular weight is 247 g/mol. The second-order valence-electron chi connectivity index (χ2n) is 4.41. The van der Waals surface area contributed by atoms with E-state index in [2.05, 4.69) is 11.4 Å². The van der Waals surface area contributed by atoms with E-state index in [1.165, 1.54) is 17.7 Å². The van der Waals surface area contributed by atoms with Crippen LogP contribution in [0.15, 0.2) is 36.4 Å². The van der Waals surface area contributed by atoms with Crippen LogP contribution in [0, 0.1) is 25.5 Å². The lowest BCUT2D eigenvalue weighted by Gasteiger charge is -2.11. The molecule has 2 rings (SSSR count). The zero-order valence-electron chi connectivity index (χ0n) is 10.4. The molecule has 0 bridgehead atoms. The summed E-state index contributed by atoms with van der Waals surface area (Å²) in [6.45, 7) is 4.36. The Kier molecular flexibility index (Phi) is 3.60. The van der Waals surface area contributed by atoms with Gasteiger partial charge in [-0.15, -0.1) is 0 Å². The zero-order valence-corrected chi connectivity index (χ0v) is 10.4. The van der Waals surface area contributed by atoms with Crippen LogP contribution < -0.4 is 5.32 Å². The Balaban J connectivity index is 2.11. The summed E-state index contributed by atoms with van der Waals surface area (Å²) in [6, 6.07) is 9.65.